The number of carbonyl (C=O) groups excluding carboxylic acids is 1. The molecule has 2 fully saturated rings. The Labute approximate surface area is 123 Å². The van der Waals surface area contributed by atoms with Crippen molar-refractivity contribution in [3.05, 3.63) is 12.2 Å². The van der Waals surface area contributed by atoms with Crippen LogP contribution in [0.2, 0.25) is 0 Å². The van der Waals surface area contributed by atoms with Crippen LogP contribution < -0.4 is 0 Å². The van der Waals surface area contributed by atoms with Crippen molar-refractivity contribution in [3.8, 4) is 0 Å². The molecular weight excluding hydrogens is 294 g/mol. The molecule has 0 radical (unpaired) electrons. The average molecular weight is 313 g/mol. The molecule has 0 aromatic heterocycles. The fourth-order valence-corrected chi connectivity index (χ4v) is 5.77. The van der Waals surface area contributed by atoms with Gasteiger partial charge in [0, 0.05) is 13.1 Å². The molecule has 2 bridgehead atoms. The lowest BCUT2D eigenvalue weighted by Crippen LogP contribution is -2.46. The van der Waals surface area contributed by atoms with Gasteiger partial charge in [-0.25, -0.2) is 8.42 Å². The van der Waals surface area contributed by atoms with E-state index in [0.717, 1.165) is 0 Å². The number of nitrogens with zero attached hydrogens (tertiary/aromatic N) is 1. The molecule has 0 spiro atoms. The quantitative estimate of drug-likeness (QED) is 0.749. The summed E-state index contributed by atoms with van der Waals surface area (Å²) in [5, 5.41) is 9.38. The van der Waals surface area contributed by atoms with E-state index in [9.17, 15) is 23.1 Å². The Kier molecular flexibility index (Phi) is 3.35. The third-order valence-corrected chi connectivity index (χ3v) is 6.88. The molecule has 1 saturated heterocycles. The van der Waals surface area contributed by atoms with Gasteiger partial charge in [-0.05, 0) is 24.7 Å². The Balaban J connectivity index is 1.78. The first-order valence-corrected chi connectivity index (χ1v) is 9.00. The van der Waals surface area contributed by atoms with Gasteiger partial charge in [0.1, 0.15) is 0 Å². The molecule has 1 heterocycles. The second-order valence-electron chi connectivity index (χ2n) is 6.34. The van der Waals surface area contributed by atoms with Gasteiger partial charge in [-0.2, -0.15) is 0 Å². The zero-order chi connectivity index (χ0) is 15.4. The topological polar surface area (TPSA) is 91.8 Å². The molecule has 21 heavy (non-hydrogen) atoms. The largest absolute Gasteiger partial charge is 0.481 e. The standard InChI is InChI=1S/C14H19NO5S/c1-15(10-4-5-21(19,20)7-10)13(16)11-8-2-3-9(6-8)12(11)14(17)18/h2-3,8-12H,4-7H2,1H3,(H,17,18). The molecule has 3 rings (SSSR count). The molecule has 0 aromatic rings. The number of allylic oxidation sites excluding steroid dienone is 2. The molecule has 1 amide bonds. The highest BCUT2D eigenvalue weighted by molar-refractivity contribution is 7.91. The minimum atomic E-state index is -3.06. The van der Waals surface area contributed by atoms with Crippen molar-refractivity contribution in [2.75, 3.05) is 18.6 Å². The highest BCUT2D eigenvalue weighted by atomic mass is 32.2. The minimum absolute atomic E-state index is 0.0103. The maximum atomic E-state index is 12.7. The van der Waals surface area contributed by atoms with E-state index in [4.69, 9.17) is 0 Å². The van der Waals surface area contributed by atoms with Crippen LogP contribution in [0.4, 0.5) is 0 Å². The molecular formula is C14H19NO5S. The third kappa shape index (κ3) is 2.37. The SMILES string of the molecule is CN(C(=O)C1C2C=CC(C2)C1C(=O)O)C1CCS(=O)(=O)C1. The van der Waals surface area contributed by atoms with Crippen LogP contribution >= 0.6 is 0 Å². The molecule has 1 saturated carbocycles. The van der Waals surface area contributed by atoms with Gasteiger partial charge in [0.2, 0.25) is 5.91 Å². The first-order chi connectivity index (χ1) is 9.80. The summed E-state index contributed by atoms with van der Waals surface area (Å²) in [7, 11) is -1.46. The van der Waals surface area contributed by atoms with Crippen LogP contribution in [-0.2, 0) is 19.4 Å². The molecule has 5 unspecified atom stereocenters. The number of hydrogen-bond acceptors (Lipinski definition) is 4. The summed E-state index contributed by atoms with van der Waals surface area (Å²) in [6.45, 7) is 0. The monoisotopic (exact) mass is 313 g/mol. The van der Waals surface area contributed by atoms with Crippen molar-refractivity contribution in [2.45, 2.75) is 18.9 Å². The lowest BCUT2D eigenvalue weighted by atomic mass is 9.82. The molecule has 0 aromatic carbocycles. The van der Waals surface area contributed by atoms with Crippen LogP contribution in [0.5, 0.6) is 0 Å². The van der Waals surface area contributed by atoms with Gasteiger partial charge in [-0.15, -0.1) is 0 Å². The van der Waals surface area contributed by atoms with Gasteiger partial charge >= 0.3 is 5.97 Å². The minimum Gasteiger partial charge on any atom is -0.481 e. The van der Waals surface area contributed by atoms with Gasteiger partial charge in [-0.3, -0.25) is 9.59 Å². The van der Waals surface area contributed by atoms with Crippen LogP contribution in [0.3, 0.4) is 0 Å². The van der Waals surface area contributed by atoms with Crippen molar-refractivity contribution in [1.82, 2.24) is 4.90 Å². The van der Waals surface area contributed by atoms with Crippen LogP contribution in [0.1, 0.15) is 12.8 Å². The molecule has 5 atom stereocenters. The van der Waals surface area contributed by atoms with Crippen molar-refractivity contribution in [2.24, 2.45) is 23.7 Å². The fourth-order valence-electron chi connectivity index (χ4n) is 3.99. The van der Waals surface area contributed by atoms with Crippen molar-refractivity contribution in [1.29, 1.82) is 0 Å². The van der Waals surface area contributed by atoms with Crippen LogP contribution in [0.15, 0.2) is 12.2 Å². The molecule has 3 aliphatic rings. The second kappa shape index (κ2) is 4.83. The Morgan fingerprint density at radius 1 is 1.19 bits per heavy atom. The lowest BCUT2D eigenvalue weighted by Gasteiger charge is -2.31. The number of carboxylic acids is 1. The highest BCUT2D eigenvalue weighted by Gasteiger charge is 2.53. The first-order valence-electron chi connectivity index (χ1n) is 7.18. The van der Waals surface area contributed by atoms with Gasteiger partial charge in [-0.1, -0.05) is 12.2 Å². The van der Waals surface area contributed by atoms with Gasteiger partial charge < -0.3 is 10.0 Å². The Bertz CT molecular complexity index is 611. The molecule has 7 heteroatoms. The number of amides is 1. The van der Waals surface area contributed by atoms with Crippen molar-refractivity contribution in [3.63, 3.8) is 0 Å². The average Bonchev–Trinajstić information content (AvgIpc) is 3.09. The van der Waals surface area contributed by atoms with Crippen molar-refractivity contribution >= 4 is 21.7 Å². The van der Waals surface area contributed by atoms with E-state index in [1.165, 1.54) is 4.90 Å². The van der Waals surface area contributed by atoms with E-state index in [-0.39, 0.29) is 35.3 Å². The van der Waals surface area contributed by atoms with Gasteiger partial charge in [0.25, 0.3) is 0 Å². The number of carboxylic acid groups (broad SMARTS) is 1. The maximum absolute atomic E-state index is 12.7. The van der Waals surface area contributed by atoms with Crippen LogP contribution in [-0.4, -0.2) is 54.9 Å². The predicted octanol–water partition coefficient (Wildman–Crippen LogP) is 0.155. The zero-order valence-electron chi connectivity index (χ0n) is 11.8. The number of sulfone groups is 1. The Morgan fingerprint density at radius 3 is 2.33 bits per heavy atom. The van der Waals surface area contributed by atoms with E-state index in [1.54, 1.807) is 7.05 Å². The lowest BCUT2D eigenvalue weighted by molar-refractivity contribution is -0.151. The normalized spacial score (nSPS) is 39.6. The predicted molar refractivity (Wildman–Crippen MR) is 75.2 cm³/mol. The summed E-state index contributed by atoms with van der Waals surface area (Å²) in [4.78, 5) is 25.6. The molecule has 2 aliphatic carbocycles. The first kappa shape index (κ1) is 14.6. The summed E-state index contributed by atoms with van der Waals surface area (Å²) >= 11 is 0. The van der Waals surface area contributed by atoms with E-state index in [0.29, 0.717) is 12.8 Å². The highest BCUT2D eigenvalue weighted by Crippen LogP contribution is 2.48. The van der Waals surface area contributed by atoms with Crippen LogP contribution in [0.25, 0.3) is 0 Å². The maximum Gasteiger partial charge on any atom is 0.307 e. The number of carbonyl (C=O) groups is 2. The molecule has 116 valence electrons. The third-order valence-electron chi connectivity index (χ3n) is 5.13. The van der Waals surface area contributed by atoms with E-state index in [2.05, 4.69) is 0 Å². The molecule has 1 N–H and O–H groups in total. The summed E-state index contributed by atoms with van der Waals surface area (Å²) in [5.74, 6) is -2.37. The Hall–Kier alpha value is -1.37. The van der Waals surface area contributed by atoms with Crippen molar-refractivity contribution < 1.29 is 23.1 Å². The fraction of sp³-hybridized carbons (Fsp3) is 0.714. The zero-order valence-corrected chi connectivity index (χ0v) is 12.6. The van der Waals surface area contributed by atoms with E-state index >= 15 is 0 Å². The number of fused-ring (bicyclic) bond motifs is 2. The summed E-state index contributed by atoms with van der Waals surface area (Å²) in [6, 6.07) is -0.319. The van der Waals surface area contributed by atoms with Gasteiger partial charge in [0.15, 0.2) is 9.84 Å². The Morgan fingerprint density at radius 2 is 1.81 bits per heavy atom. The van der Waals surface area contributed by atoms with Crippen LogP contribution in [0, 0.1) is 23.7 Å². The van der Waals surface area contributed by atoms with E-state index < -0.39 is 27.6 Å². The number of rotatable bonds is 3. The summed E-state index contributed by atoms with van der Waals surface area (Å²) in [5.41, 5.74) is 0. The second-order valence-corrected chi connectivity index (χ2v) is 8.57. The van der Waals surface area contributed by atoms with E-state index in [1.807, 2.05) is 12.2 Å². The molecule has 1 aliphatic heterocycles. The summed E-state index contributed by atoms with van der Waals surface area (Å²) in [6.07, 6.45) is 4.99. The van der Waals surface area contributed by atoms with Gasteiger partial charge in [0.05, 0.1) is 23.3 Å². The number of hydrogen-bond donors (Lipinski definition) is 1. The smallest absolute Gasteiger partial charge is 0.307 e. The number of aliphatic carboxylic acids is 1. The summed E-state index contributed by atoms with van der Waals surface area (Å²) < 4.78 is 23.1. The molecule has 6 nitrogen and oxygen atoms in total.